The maximum atomic E-state index is 10.9. The summed E-state index contributed by atoms with van der Waals surface area (Å²) in [7, 11) is 0. The summed E-state index contributed by atoms with van der Waals surface area (Å²) in [5, 5.41) is 30.6. The number of hydrogen-bond acceptors (Lipinski definition) is 5. The van der Waals surface area contributed by atoms with Crippen LogP contribution in [0, 0.1) is 33.3 Å². The predicted octanol–water partition coefficient (Wildman–Crippen LogP) is 3.15. The quantitative estimate of drug-likeness (QED) is 0.503. The number of aliphatic imine (C=N–C) groups is 1. The molecule has 6 nitrogen and oxygen atoms in total. The minimum absolute atomic E-state index is 0.0334. The van der Waals surface area contributed by atoms with Crippen molar-refractivity contribution in [3.05, 3.63) is 33.9 Å². The molecule has 2 aliphatic rings. The lowest BCUT2D eigenvalue weighted by molar-refractivity contribution is -0.384. The number of phenols is 1. The molecular formula is C18H24N2O4. The maximum Gasteiger partial charge on any atom is 0.270 e. The van der Waals surface area contributed by atoms with Crippen LogP contribution in [0.15, 0.2) is 23.2 Å². The van der Waals surface area contributed by atoms with E-state index in [-0.39, 0.29) is 24.0 Å². The van der Waals surface area contributed by atoms with Gasteiger partial charge in [-0.05, 0) is 43.1 Å². The third-order valence-electron chi connectivity index (χ3n) is 6.28. The first-order chi connectivity index (χ1) is 11.2. The average molecular weight is 332 g/mol. The second-order valence-corrected chi connectivity index (χ2v) is 7.97. The van der Waals surface area contributed by atoms with E-state index < -0.39 is 10.5 Å². The van der Waals surface area contributed by atoms with Crippen LogP contribution in [0.3, 0.4) is 0 Å². The maximum absolute atomic E-state index is 10.9. The van der Waals surface area contributed by atoms with Gasteiger partial charge in [-0.1, -0.05) is 13.8 Å². The third-order valence-corrected chi connectivity index (χ3v) is 6.28. The van der Waals surface area contributed by atoms with Crippen LogP contribution in [0.5, 0.6) is 5.75 Å². The predicted molar refractivity (Wildman–Crippen MR) is 91.3 cm³/mol. The summed E-state index contributed by atoms with van der Waals surface area (Å²) in [6.45, 7) is 6.63. The summed E-state index contributed by atoms with van der Waals surface area (Å²) >= 11 is 0. The van der Waals surface area contributed by atoms with Gasteiger partial charge in [0.1, 0.15) is 5.75 Å². The fourth-order valence-electron chi connectivity index (χ4n) is 4.31. The van der Waals surface area contributed by atoms with Gasteiger partial charge in [0.25, 0.3) is 5.69 Å². The van der Waals surface area contributed by atoms with E-state index in [1.54, 1.807) is 0 Å². The SMILES string of the molecule is CC1(C)[C@@H]2C[C@@H](CO)[C@@](C)(N=Cc3cc([N+](=O)[O-])ccc3O)C[C@@H]21. The molecule has 0 spiro atoms. The molecule has 0 unspecified atom stereocenters. The topological polar surface area (TPSA) is 96.0 Å². The number of nitro groups is 1. The molecule has 0 bridgehead atoms. The number of fused-ring (bicyclic) bond motifs is 1. The molecule has 1 aromatic carbocycles. The monoisotopic (exact) mass is 332 g/mol. The first-order valence-corrected chi connectivity index (χ1v) is 8.32. The first kappa shape index (κ1) is 16.9. The van der Waals surface area contributed by atoms with E-state index in [9.17, 15) is 20.3 Å². The molecule has 0 aromatic heterocycles. The van der Waals surface area contributed by atoms with E-state index in [4.69, 9.17) is 0 Å². The van der Waals surface area contributed by atoms with Gasteiger partial charge in [-0.15, -0.1) is 0 Å². The molecule has 6 heteroatoms. The van der Waals surface area contributed by atoms with E-state index >= 15 is 0 Å². The van der Waals surface area contributed by atoms with Gasteiger partial charge in [0.2, 0.25) is 0 Å². The molecule has 24 heavy (non-hydrogen) atoms. The van der Waals surface area contributed by atoms with Gasteiger partial charge < -0.3 is 10.2 Å². The van der Waals surface area contributed by atoms with Crippen molar-refractivity contribution in [3.8, 4) is 5.75 Å². The fraction of sp³-hybridized carbons (Fsp3) is 0.611. The molecule has 1 aromatic rings. The molecule has 0 saturated heterocycles. The zero-order chi connectivity index (χ0) is 17.7. The van der Waals surface area contributed by atoms with Crippen molar-refractivity contribution in [2.75, 3.05) is 6.61 Å². The number of aromatic hydroxyl groups is 1. The molecule has 0 heterocycles. The normalized spacial score (nSPS) is 34.1. The first-order valence-electron chi connectivity index (χ1n) is 8.32. The van der Waals surface area contributed by atoms with E-state index in [1.165, 1.54) is 24.4 Å². The van der Waals surface area contributed by atoms with Gasteiger partial charge in [0, 0.05) is 36.4 Å². The highest BCUT2D eigenvalue weighted by atomic mass is 16.6. The summed E-state index contributed by atoms with van der Waals surface area (Å²) < 4.78 is 0. The second-order valence-electron chi connectivity index (χ2n) is 7.97. The Morgan fingerprint density at radius 1 is 1.38 bits per heavy atom. The number of nitrogens with zero attached hydrogens (tertiary/aromatic N) is 2. The summed E-state index contributed by atoms with van der Waals surface area (Å²) in [5.41, 5.74) is 0.138. The molecule has 2 N–H and O–H groups in total. The zero-order valence-corrected chi connectivity index (χ0v) is 14.3. The Hall–Kier alpha value is -1.95. The molecule has 0 aliphatic heterocycles. The minimum Gasteiger partial charge on any atom is -0.507 e. The van der Waals surface area contributed by atoms with Crippen LogP contribution in [0.1, 0.15) is 39.2 Å². The number of aliphatic hydroxyl groups is 1. The molecular weight excluding hydrogens is 308 g/mol. The highest BCUT2D eigenvalue weighted by Crippen LogP contribution is 2.68. The Bertz CT molecular complexity index is 700. The van der Waals surface area contributed by atoms with Crippen LogP contribution in [0.2, 0.25) is 0 Å². The van der Waals surface area contributed by atoms with Gasteiger partial charge in [0.05, 0.1) is 10.5 Å². The average Bonchev–Trinajstić information content (AvgIpc) is 3.04. The molecule has 0 amide bonds. The van der Waals surface area contributed by atoms with Crippen LogP contribution in [0.25, 0.3) is 0 Å². The lowest BCUT2D eigenvalue weighted by Gasteiger charge is -2.37. The lowest BCUT2D eigenvalue weighted by Crippen LogP contribution is -2.39. The van der Waals surface area contributed by atoms with Crippen molar-refractivity contribution in [1.29, 1.82) is 0 Å². The second kappa shape index (κ2) is 5.55. The van der Waals surface area contributed by atoms with E-state index in [0.29, 0.717) is 22.8 Å². The molecule has 4 atom stereocenters. The number of benzene rings is 1. The Morgan fingerprint density at radius 3 is 2.71 bits per heavy atom. The summed E-state index contributed by atoms with van der Waals surface area (Å²) in [6.07, 6.45) is 3.35. The summed E-state index contributed by atoms with van der Waals surface area (Å²) in [4.78, 5) is 15.1. The van der Waals surface area contributed by atoms with E-state index in [2.05, 4.69) is 18.8 Å². The van der Waals surface area contributed by atoms with Crippen molar-refractivity contribution in [2.45, 2.75) is 39.2 Å². The van der Waals surface area contributed by atoms with Crippen molar-refractivity contribution in [2.24, 2.45) is 28.2 Å². The van der Waals surface area contributed by atoms with Crippen LogP contribution >= 0.6 is 0 Å². The molecule has 2 fully saturated rings. The van der Waals surface area contributed by atoms with Gasteiger partial charge in [-0.3, -0.25) is 15.1 Å². The number of rotatable bonds is 4. The summed E-state index contributed by atoms with van der Waals surface area (Å²) in [6, 6.07) is 3.90. The summed E-state index contributed by atoms with van der Waals surface area (Å²) in [5.74, 6) is 1.27. The van der Waals surface area contributed by atoms with E-state index in [0.717, 1.165) is 12.8 Å². The van der Waals surface area contributed by atoms with Crippen molar-refractivity contribution >= 4 is 11.9 Å². The molecule has 130 valence electrons. The number of aliphatic hydroxyl groups excluding tert-OH is 1. The van der Waals surface area contributed by atoms with Gasteiger partial charge in [-0.25, -0.2) is 0 Å². The highest BCUT2D eigenvalue weighted by Gasteiger charge is 2.63. The van der Waals surface area contributed by atoms with Crippen LogP contribution < -0.4 is 0 Å². The van der Waals surface area contributed by atoms with Crippen molar-refractivity contribution in [3.63, 3.8) is 0 Å². The minimum atomic E-state index is -0.493. The Balaban J connectivity index is 1.87. The number of phenolic OH excluding ortho intramolecular Hbond substituents is 1. The largest absolute Gasteiger partial charge is 0.507 e. The number of non-ortho nitro benzene ring substituents is 1. The fourth-order valence-corrected chi connectivity index (χ4v) is 4.31. The van der Waals surface area contributed by atoms with Gasteiger partial charge in [-0.2, -0.15) is 0 Å². The molecule has 2 saturated carbocycles. The Morgan fingerprint density at radius 2 is 2.08 bits per heavy atom. The van der Waals surface area contributed by atoms with E-state index in [1.807, 2.05) is 6.92 Å². The zero-order valence-electron chi connectivity index (χ0n) is 14.3. The Kier molecular flexibility index (Phi) is 3.91. The molecule has 2 aliphatic carbocycles. The molecule has 0 radical (unpaired) electrons. The molecule has 3 rings (SSSR count). The number of hydrogen-bond donors (Lipinski definition) is 2. The standard InChI is InChI=1S/C18H24N2O4/c1-17(2)14-7-12(10-21)18(3,8-15(14)17)19-9-11-6-13(20(23)24)4-5-16(11)22/h4-6,9,12,14-15,21-22H,7-8,10H2,1-3H3/t12-,14+,15-,18-/m0/s1. The van der Waals surface area contributed by atoms with Gasteiger partial charge in [0.15, 0.2) is 0 Å². The smallest absolute Gasteiger partial charge is 0.270 e. The Labute approximate surface area is 141 Å². The number of nitro benzene ring substituents is 1. The highest BCUT2D eigenvalue weighted by molar-refractivity contribution is 5.84. The van der Waals surface area contributed by atoms with Gasteiger partial charge >= 0.3 is 0 Å². The van der Waals surface area contributed by atoms with Crippen LogP contribution in [-0.2, 0) is 0 Å². The third kappa shape index (κ3) is 2.69. The lowest BCUT2D eigenvalue weighted by atomic mass is 9.75. The van der Waals surface area contributed by atoms with Crippen molar-refractivity contribution < 1.29 is 15.1 Å². The van der Waals surface area contributed by atoms with Crippen LogP contribution in [-0.4, -0.2) is 33.5 Å². The van der Waals surface area contributed by atoms with Crippen LogP contribution in [0.4, 0.5) is 5.69 Å². The van der Waals surface area contributed by atoms with Crippen molar-refractivity contribution in [1.82, 2.24) is 0 Å².